The van der Waals surface area contributed by atoms with E-state index in [9.17, 15) is 31.2 Å². The molecule has 39 heavy (non-hydrogen) atoms. The Hall–Kier alpha value is -3.20. The van der Waals surface area contributed by atoms with Crippen LogP contribution in [0, 0.1) is 0 Å². The number of nitrogens with two attached hydrogens (primary N) is 1. The normalized spacial score (nSPS) is 17.6. The van der Waals surface area contributed by atoms with Gasteiger partial charge in [-0.3, -0.25) is 19.1 Å². The highest BCUT2D eigenvalue weighted by Gasteiger charge is 2.51. The van der Waals surface area contributed by atoms with E-state index in [0.29, 0.717) is 32.5 Å². The second-order valence-corrected chi connectivity index (χ2v) is 11.9. The number of nitrogens with one attached hydrogen (secondary N) is 1. The van der Waals surface area contributed by atoms with Gasteiger partial charge in [-0.2, -0.15) is 18.3 Å². The van der Waals surface area contributed by atoms with Crippen LogP contribution in [-0.4, -0.2) is 54.6 Å². The van der Waals surface area contributed by atoms with Gasteiger partial charge in [0.25, 0.3) is 10.0 Å². The number of amides is 2. The Kier molecular flexibility index (Phi) is 7.69. The van der Waals surface area contributed by atoms with Gasteiger partial charge >= 0.3 is 12.3 Å². The molecule has 214 valence electrons. The zero-order chi connectivity index (χ0) is 28.8. The summed E-state index contributed by atoms with van der Waals surface area (Å²) in [5.74, 6) is -0.488. The van der Waals surface area contributed by atoms with Crippen molar-refractivity contribution in [2.45, 2.75) is 75.3 Å². The third kappa shape index (κ3) is 5.88. The summed E-state index contributed by atoms with van der Waals surface area (Å²) in [6.07, 6.45) is -4.89. The lowest BCUT2D eigenvalue weighted by atomic mass is 10.1. The summed E-state index contributed by atoms with van der Waals surface area (Å²) >= 11 is 6.31. The zero-order valence-electron chi connectivity index (χ0n) is 21.0. The van der Waals surface area contributed by atoms with Crippen LogP contribution in [0.5, 0.6) is 5.75 Å². The highest BCUT2D eigenvalue weighted by Crippen LogP contribution is 2.42. The molecular weight excluding hydrogens is 567 g/mol. The van der Waals surface area contributed by atoms with Gasteiger partial charge in [0.2, 0.25) is 11.5 Å². The standard InChI is InChI=1S/C23H27ClF3N5O6S/c1-22(2,23(25,26)27)38-21(34)29-13-6-8-17-16(11-13)32(12-14(37-17)7-9-18(28)33)39(35,36)19-15-5-3-4-10-31(15)30-20(19)24/h6,8,11,14H,3-5,7,9-10,12H2,1-2H3,(H2,28,33)(H,29,34)/t14-/m0/s1. The third-order valence-corrected chi connectivity index (χ3v) is 8.68. The Labute approximate surface area is 227 Å². The van der Waals surface area contributed by atoms with Crippen molar-refractivity contribution in [2.75, 3.05) is 16.2 Å². The number of alkyl halides is 3. The summed E-state index contributed by atoms with van der Waals surface area (Å²) in [5, 5.41) is 6.18. The number of hydrogen-bond donors (Lipinski definition) is 2. The molecule has 1 aromatic heterocycles. The average Bonchev–Trinajstić information content (AvgIpc) is 3.17. The second-order valence-electron chi connectivity index (χ2n) is 9.73. The first-order valence-electron chi connectivity index (χ1n) is 12.0. The number of nitrogens with zero attached hydrogens (tertiary/aromatic N) is 3. The molecule has 16 heteroatoms. The van der Waals surface area contributed by atoms with E-state index in [1.165, 1.54) is 18.2 Å². The number of aromatic nitrogens is 2. The first-order valence-corrected chi connectivity index (χ1v) is 13.9. The van der Waals surface area contributed by atoms with Crippen LogP contribution in [0.4, 0.5) is 29.3 Å². The topological polar surface area (TPSA) is 146 Å². The number of hydrogen-bond acceptors (Lipinski definition) is 7. The number of primary amides is 1. The summed E-state index contributed by atoms with van der Waals surface area (Å²) < 4.78 is 80.5. The number of benzene rings is 1. The number of ether oxygens (including phenoxy) is 2. The second kappa shape index (κ2) is 10.4. The van der Waals surface area contributed by atoms with Gasteiger partial charge in [0, 0.05) is 18.7 Å². The van der Waals surface area contributed by atoms with Gasteiger partial charge in [-0.1, -0.05) is 11.6 Å². The first kappa shape index (κ1) is 28.8. The lowest BCUT2D eigenvalue weighted by molar-refractivity contribution is -0.242. The van der Waals surface area contributed by atoms with Crippen molar-refractivity contribution in [3.05, 3.63) is 29.0 Å². The number of fused-ring (bicyclic) bond motifs is 2. The average molecular weight is 594 g/mol. The van der Waals surface area contributed by atoms with Crippen LogP contribution >= 0.6 is 11.6 Å². The van der Waals surface area contributed by atoms with E-state index in [1.807, 2.05) is 0 Å². The molecule has 11 nitrogen and oxygen atoms in total. The fraction of sp³-hybridized carbons (Fsp3) is 0.522. The minimum absolute atomic E-state index is 0.00466. The van der Waals surface area contributed by atoms with Crippen LogP contribution in [0.25, 0.3) is 0 Å². The van der Waals surface area contributed by atoms with E-state index in [-0.39, 0.29) is 46.6 Å². The van der Waals surface area contributed by atoms with Crippen molar-refractivity contribution in [3.8, 4) is 5.75 Å². The molecule has 3 heterocycles. The Morgan fingerprint density at radius 2 is 2.00 bits per heavy atom. The molecule has 1 atom stereocenters. The molecule has 0 saturated carbocycles. The number of carbonyl (C=O) groups is 2. The molecule has 0 fully saturated rings. The maximum absolute atomic E-state index is 14.0. The number of carbonyl (C=O) groups excluding carboxylic acids is 2. The number of halogens is 4. The molecule has 2 aliphatic rings. The molecule has 3 N–H and O–H groups in total. The van der Waals surface area contributed by atoms with Crippen molar-refractivity contribution in [2.24, 2.45) is 5.73 Å². The molecule has 2 aliphatic heterocycles. The van der Waals surface area contributed by atoms with Crippen LogP contribution in [-0.2, 0) is 32.5 Å². The van der Waals surface area contributed by atoms with Crippen molar-refractivity contribution in [1.82, 2.24) is 9.78 Å². The molecule has 0 unspecified atom stereocenters. The molecule has 4 rings (SSSR count). The van der Waals surface area contributed by atoms with E-state index in [1.54, 1.807) is 4.68 Å². The Balaban J connectivity index is 1.70. The lowest BCUT2D eigenvalue weighted by Gasteiger charge is -2.36. The van der Waals surface area contributed by atoms with Crippen LogP contribution in [0.2, 0.25) is 5.15 Å². The largest absolute Gasteiger partial charge is 0.486 e. The quantitative estimate of drug-likeness (QED) is 0.494. The smallest absolute Gasteiger partial charge is 0.427 e. The van der Waals surface area contributed by atoms with Gasteiger partial charge in [-0.25, -0.2) is 13.2 Å². The van der Waals surface area contributed by atoms with Crippen LogP contribution in [0.3, 0.4) is 0 Å². The van der Waals surface area contributed by atoms with E-state index in [4.69, 9.17) is 22.1 Å². The molecule has 2 amide bonds. The predicted molar refractivity (Wildman–Crippen MR) is 134 cm³/mol. The van der Waals surface area contributed by atoms with E-state index >= 15 is 0 Å². The Bertz CT molecular complexity index is 1400. The highest BCUT2D eigenvalue weighted by atomic mass is 35.5. The van der Waals surface area contributed by atoms with Gasteiger partial charge in [-0.15, -0.1) is 0 Å². The van der Waals surface area contributed by atoms with E-state index in [2.05, 4.69) is 15.2 Å². The minimum Gasteiger partial charge on any atom is -0.486 e. The molecule has 0 radical (unpaired) electrons. The van der Waals surface area contributed by atoms with E-state index < -0.39 is 39.9 Å². The van der Waals surface area contributed by atoms with Crippen LogP contribution < -0.4 is 20.1 Å². The monoisotopic (exact) mass is 593 g/mol. The Morgan fingerprint density at radius 1 is 1.28 bits per heavy atom. The van der Waals surface area contributed by atoms with Gasteiger partial charge in [-0.05, 0) is 57.7 Å². The minimum atomic E-state index is -4.82. The molecule has 2 aromatic rings. The predicted octanol–water partition coefficient (Wildman–Crippen LogP) is 3.98. The number of sulfonamides is 1. The summed E-state index contributed by atoms with van der Waals surface area (Å²) in [7, 11) is -4.34. The number of anilines is 2. The van der Waals surface area contributed by atoms with Gasteiger partial charge in [0.15, 0.2) is 5.15 Å². The van der Waals surface area contributed by atoms with Gasteiger partial charge in [0.1, 0.15) is 16.7 Å². The summed E-state index contributed by atoms with van der Waals surface area (Å²) in [6.45, 7) is 1.68. The number of aryl methyl sites for hydroxylation is 1. The number of rotatable bonds is 7. The molecular formula is C23H27ClF3N5O6S. The van der Waals surface area contributed by atoms with Crippen molar-refractivity contribution in [1.29, 1.82) is 0 Å². The molecule has 1 aromatic carbocycles. The molecule has 0 bridgehead atoms. The van der Waals surface area contributed by atoms with Crippen LogP contribution in [0.15, 0.2) is 23.1 Å². The van der Waals surface area contributed by atoms with E-state index in [0.717, 1.165) is 17.1 Å². The molecule has 0 saturated heterocycles. The maximum Gasteiger partial charge on any atom is 0.427 e. The fourth-order valence-corrected chi connectivity index (χ4v) is 6.54. The van der Waals surface area contributed by atoms with Gasteiger partial charge in [0.05, 0.1) is 17.9 Å². The maximum atomic E-state index is 14.0. The Morgan fingerprint density at radius 3 is 2.67 bits per heavy atom. The van der Waals surface area contributed by atoms with Crippen molar-refractivity contribution in [3.63, 3.8) is 0 Å². The zero-order valence-corrected chi connectivity index (χ0v) is 22.6. The SMILES string of the molecule is CC(C)(OC(=O)Nc1ccc2c(c1)N(S(=O)(=O)c1c(Cl)nn3c1CCCC3)C[C@H](CCC(N)=O)O2)C(F)(F)F. The molecule has 0 spiro atoms. The summed E-state index contributed by atoms with van der Waals surface area (Å²) in [6, 6.07) is 3.91. The summed E-state index contributed by atoms with van der Waals surface area (Å²) in [4.78, 5) is 23.4. The third-order valence-electron chi connectivity index (χ3n) is 6.43. The molecule has 0 aliphatic carbocycles. The lowest BCUT2D eigenvalue weighted by Crippen LogP contribution is -2.44. The van der Waals surface area contributed by atoms with Crippen molar-refractivity contribution < 1.29 is 40.7 Å². The van der Waals surface area contributed by atoms with Gasteiger partial charge < -0.3 is 15.2 Å². The fourth-order valence-electron chi connectivity index (χ4n) is 4.30. The summed E-state index contributed by atoms with van der Waals surface area (Å²) in [5.41, 5.74) is 2.91. The van der Waals surface area contributed by atoms with Crippen LogP contribution in [0.1, 0.15) is 45.2 Å². The van der Waals surface area contributed by atoms with Crippen molar-refractivity contribution >= 4 is 45.0 Å². The highest BCUT2D eigenvalue weighted by molar-refractivity contribution is 7.93. The first-order chi connectivity index (χ1) is 18.1.